The number of nitrogens with zero attached hydrogens (tertiary/aromatic N) is 3. The minimum atomic E-state index is 0.471. The standard InChI is InChI=1S/C16H15ClN4/c1-10-14(17)20-16(13-6-7-13)21-15(10)19-9-12-4-2-11(8-18)3-5-12/h2-5,13H,6-7,9H2,1H3,(H,19,20,21). The Labute approximate surface area is 128 Å². The number of nitriles is 1. The van der Waals surface area contributed by atoms with Gasteiger partial charge in [0.2, 0.25) is 0 Å². The molecular formula is C16H15ClN4. The van der Waals surface area contributed by atoms with Gasteiger partial charge >= 0.3 is 0 Å². The lowest BCUT2D eigenvalue weighted by Gasteiger charge is -2.11. The quantitative estimate of drug-likeness (QED) is 0.872. The number of anilines is 1. The number of benzene rings is 1. The first-order chi connectivity index (χ1) is 10.2. The van der Waals surface area contributed by atoms with E-state index in [1.165, 1.54) is 0 Å². The monoisotopic (exact) mass is 298 g/mol. The highest BCUT2D eigenvalue weighted by Gasteiger charge is 2.27. The summed E-state index contributed by atoms with van der Waals surface area (Å²) in [6, 6.07) is 9.61. The zero-order valence-electron chi connectivity index (χ0n) is 11.7. The molecule has 0 spiro atoms. The van der Waals surface area contributed by atoms with Crippen LogP contribution in [0.2, 0.25) is 5.15 Å². The van der Waals surface area contributed by atoms with Crippen LogP contribution in [-0.4, -0.2) is 9.97 Å². The number of aromatic nitrogens is 2. The number of nitrogens with one attached hydrogen (secondary N) is 1. The minimum absolute atomic E-state index is 0.471. The molecule has 0 radical (unpaired) electrons. The second-order valence-electron chi connectivity index (χ2n) is 5.28. The molecule has 1 aliphatic carbocycles. The normalized spacial score (nSPS) is 13.8. The van der Waals surface area contributed by atoms with E-state index < -0.39 is 0 Å². The molecule has 21 heavy (non-hydrogen) atoms. The summed E-state index contributed by atoms with van der Waals surface area (Å²) in [5.74, 6) is 2.10. The van der Waals surface area contributed by atoms with Crippen LogP contribution in [-0.2, 0) is 6.54 Å². The Morgan fingerprint density at radius 1 is 1.29 bits per heavy atom. The van der Waals surface area contributed by atoms with Gasteiger partial charge in [-0.1, -0.05) is 23.7 Å². The summed E-state index contributed by atoms with van der Waals surface area (Å²) < 4.78 is 0. The summed E-state index contributed by atoms with van der Waals surface area (Å²) >= 11 is 6.19. The first-order valence-electron chi connectivity index (χ1n) is 6.94. The molecule has 1 aliphatic rings. The molecular weight excluding hydrogens is 284 g/mol. The highest BCUT2D eigenvalue weighted by Crippen LogP contribution is 2.39. The molecule has 2 aromatic rings. The molecule has 0 aliphatic heterocycles. The summed E-state index contributed by atoms with van der Waals surface area (Å²) in [6.07, 6.45) is 2.29. The highest BCUT2D eigenvalue weighted by molar-refractivity contribution is 6.30. The van der Waals surface area contributed by atoms with E-state index in [0.29, 0.717) is 23.2 Å². The van der Waals surface area contributed by atoms with Crippen molar-refractivity contribution in [3.05, 3.63) is 51.9 Å². The summed E-state index contributed by atoms with van der Waals surface area (Å²) in [7, 11) is 0. The van der Waals surface area contributed by atoms with Crippen LogP contribution in [0.3, 0.4) is 0 Å². The largest absolute Gasteiger partial charge is 0.366 e. The molecule has 0 amide bonds. The van der Waals surface area contributed by atoms with Gasteiger partial charge < -0.3 is 5.32 Å². The Morgan fingerprint density at radius 2 is 2.00 bits per heavy atom. The highest BCUT2D eigenvalue weighted by atomic mass is 35.5. The van der Waals surface area contributed by atoms with Gasteiger partial charge in [0.05, 0.1) is 11.6 Å². The topological polar surface area (TPSA) is 61.6 Å². The fourth-order valence-electron chi connectivity index (χ4n) is 2.08. The molecule has 3 rings (SSSR count). The second kappa shape index (κ2) is 5.71. The van der Waals surface area contributed by atoms with Crippen LogP contribution in [0.5, 0.6) is 0 Å². The van der Waals surface area contributed by atoms with Gasteiger partial charge in [0.25, 0.3) is 0 Å². The second-order valence-corrected chi connectivity index (χ2v) is 5.64. The molecule has 0 unspecified atom stereocenters. The number of hydrogen-bond donors (Lipinski definition) is 1. The van der Waals surface area contributed by atoms with Crippen molar-refractivity contribution >= 4 is 17.4 Å². The average molecular weight is 299 g/mol. The van der Waals surface area contributed by atoms with Crippen molar-refractivity contribution in [1.82, 2.24) is 9.97 Å². The number of hydrogen-bond acceptors (Lipinski definition) is 4. The third kappa shape index (κ3) is 3.14. The van der Waals surface area contributed by atoms with Crippen molar-refractivity contribution in [2.45, 2.75) is 32.2 Å². The van der Waals surface area contributed by atoms with Crippen LogP contribution in [0.1, 0.15) is 41.3 Å². The lowest BCUT2D eigenvalue weighted by Crippen LogP contribution is -2.07. The molecule has 1 N–H and O–H groups in total. The predicted octanol–water partition coefficient (Wildman–Crippen LogP) is 3.80. The van der Waals surface area contributed by atoms with Gasteiger partial charge in [-0.2, -0.15) is 5.26 Å². The molecule has 1 aromatic carbocycles. The van der Waals surface area contributed by atoms with E-state index in [9.17, 15) is 0 Å². The van der Waals surface area contributed by atoms with Gasteiger partial charge in [0.15, 0.2) is 0 Å². The average Bonchev–Trinajstić information content (AvgIpc) is 3.34. The fourth-order valence-corrected chi connectivity index (χ4v) is 2.26. The third-order valence-corrected chi connectivity index (χ3v) is 3.96. The molecule has 1 heterocycles. The van der Waals surface area contributed by atoms with E-state index >= 15 is 0 Å². The van der Waals surface area contributed by atoms with Crippen molar-refractivity contribution in [2.75, 3.05) is 5.32 Å². The third-order valence-electron chi connectivity index (χ3n) is 3.59. The Hall–Kier alpha value is -2.12. The van der Waals surface area contributed by atoms with Crippen LogP contribution < -0.4 is 5.32 Å². The molecule has 106 valence electrons. The molecule has 1 fully saturated rings. The number of halogens is 1. The smallest absolute Gasteiger partial charge is 0.137 e. The zero-order valence-corrected chi connectivity index (χ0v) is 12.5. The summed E-state index contributed by atoms with van der Waals surface area (Å²) in [5, 5.41) is 12.6. The molecule has 1 aromatic heterocycles. The molecule has 0 saturated heterocycles. The van der Waals surface area contributed by atoms with Crippen molar-refractivity contribution in [3.63, 3.8) is 0 Å². The predicted molar refractivity (Wildman–Crippen MR) is 82.2 cm³/mol. The maximum atomic E-state index is 8.79. The summed E-state index contributed by atoms with van der Waals surface area (Å²) in [4.78, 5) is 8.94. The van der Waals surface area contributed by atoms with Crippen LogP contribution in [0, 0.1) is 18.3 Å². The molecule has 5 heteroatoms. The van der Waals surface area contributed by atoms with Crippen LogP contribution in [0.15, 0.2) is 24.3 Å². The Kier molecular flexibility index (Phi) is 3.76. The molecule has 1 saturated carbocycles. The van der Waals surface area contributed by atoms with Crippen molar-refractivity contribution in [3.8, 4) is 6.07 Å². The lowest BCUT2D eigenvalue weighted by atomic mass is 10.1. The molecule has 4 nitrogen and oxygen atoms in total. The summed E-state index contributed by atoms with van der Waals surface area (Å²) in [6.45, 7) is 2.56. The maximum absolute atomic E-state index is 8.79. The van der Waals surface area contributed by atoms with Crippen molar-refractivity contribution in [1.29, 1.82) is 5.26 Å². The number of rotatable bonds is 4. The fraction of sp³-hybridized carbons (Fsp3) is 0.312. The molecule has 0 atom stereocenters. The summed E-state index contributed by atoms with van der Waals surface area (Å²) in [5.41, 5.74) is 2.63. The van der Waals surface area contributed by atoms with Crippen LogP contribution in [0.25, 0.3) is 0 Å². The zero-order chi connectivity index (χ0) is 14.8. The van der Waals surface area contributed by atoms with Gasteiger partial charge in [0, 0.05) is 18.0 Å². The Balaban J connectivity index is 1.76. The van der Waals surface area contributed by atoms with Gasteiger partial charge in [-0.25, -0.2) is 9.97 Å². The van der Waals surface area contributed by atoms with Crippen molar-refractivity contribution < 1.29 is 0 Å². The van der Waals surface area contributed by atoms with Gasteiger partial charge in [0.1, 0.15) is 16.8 Å². The first-order valence-corrected chi connectivity index (χ1v) is 7.32. The molecule has 0 bridgehead atoms. The SMILES string of the molecule is Cc1c(Cl)nc(C2CC2)nc1NCc1ccc(C#N)cc1. The van der Waals surface area contributed by atoms with Crippen LogP contribution >= 0.6 is 11.6 Å². The van der Waals surface area contributed by atoms with Gasteiger partial charge in [-0.05, 0) is 37.5 Å². The van der Waals surface area contributed by atoms with Gasteiger partial charge in [-0.3, -0.25) is 0 Å². The van der Waals surface area contributed by atoms with E-state index in [1.807, 2.05) is 31.2 Å². The maximum Gasteiger partial charge on any atom is 0.137 e. The lowest BCUT2D eigenvalue weighted by molar-refractivity contribution is 0.911. The Morgan fingerprint density at radius 3 is 2.62 bits per heavy atom. The van der Waals surface area contributed by atoms with E-state index in [2.05, 4.69) is 21.4 Å². The van der Waals surface area contributed by atoms with E-state index in [4.69, 9.17) is 16.9 Å². The van der Waals surface area contributed by atoms with Crippen molar-refractivity contribution in [2.24, 2.45) is 0 Å². The van der Waals surface area contributed by atoms with E-state index in [-0.39, 0.29) is 0 Å². The van der Waals surface area contributed by atoms with Gasteiger partial charge in [-0.15, -0.1) is 0 Å². The Bertz CT molecular complexity index is 699. The van der Waals surface area contributed by atoms with Crippen LogP contribution in [0.4, 0.5) is 5.82 Å². The minimum Gasteiger partial charge on any atom is -0.366 e. The van der Waals surface area contributed by atoms with E-state index in [0.717, 1.165) is 35.6 Å². The first kappa shape index (κ1) is 13.8. The van der Waals surface area contributed by atoms with E-state index in [1.54, 1.807) is 0 Å².